The summed E-state index contributed by atoms with van der Waals surface area (Å²) in [6, 6.07) is 9.88. The summed E-state index contributed by atoms with van der Waals surface area (Å²) in [6.45, 7) is 0.150. The Labute approximate surface area is 178 Å². The standard InChI is InChI=1S/C20H14ClF3N2O3S/c21-16-7-3-12(9-15(16)20(22,23)24)4-8-17(27)25-14-5-1-13(2-6-14)10-26-18(28)11-30-19(26)29/h1-9H,10-11H2,(H,25,27). The first kappa shape index (κ1) is 21.9. The van der Waals surface area contributed by atoms with E-state index < -0.39 is 22.7 Å². The first-order valence-electron chi connectivity index (χ1n) is 8.55. The van der Waals surface area contributed by atoms with E-state index in [1.165, 1.54) is 12.1 Å². The topological polar surface area (TPSA) is 66.5 Å². The number of halogens is 4. The molecule has 2 aromatic rings. The second-order valence-electron chi connectivity index (χ2n) is 6.29. The third-order valence-electron chi connectivity index (χ3n) is 4.13. The molecule has 3 amide bonds. The van der Waals surface area contributed by atoms with Gasteiger partial charge in [-0.1, -0.05) is 41.6 Å². The largest absolute Gasteiger partial charge is 0.417 e. The number of nitrogens with one attached hydrogen (secondary N) is 1. The average Bonchev–Trinajstić information content (AvgIpc) is 3.00. The van der Waals surface area contributed by atoms with E-state index in [2.05, 4.69) is 5.32 Å². The molecule has 0 bridgehead atoms. The van der Waals surface area contributed by atoms with E-state index in [0.717, 1.165) is 34.9 Å². The number of anilines is 1. The van der Waals surface area contributed by atoms with Crippen LogP contribution in [0.5, 0.6) is 0 Å². The zero-order valence-electron chi connectivity index (χ0n) is 15.2. The van der Waals surface area contributed by atoms with Gasteiger partial charge in [0.15, 0.2) is 0 Å². The lowest BCUT2D eigenvalue weighted by Crippen LogP contribution is -2.27. The Hall–Kier alpha value is -2.78. The summed E-state index contributed by atoms with van der Waals surface area (Å²) < 4.78 is 38.7. The molecule has 10 heteroatoms. The lowest BCUT2D eigenvalue weighted by molar-refractivity contribution is -0.137. The van der Waals surface area contributed by atoms with Crippen molar-refractivity contribution in [3.63, 3.8) is 0 Å². The predicted octanol–water partition coefficient (Wildman–Crippen LogP) is 5.21. The van der Waals surface area contributed by atoms with E-state index in [1.807, 2.05) is 0 Å². The fourth-order valence-electron chi connectivity index (χ4n) is 2.63. The summed E-state index contributed by atoms with van der Waals surface area (Å²) in [7, 11) is 0. The molecular weight excluding hydrogens is 441 g/mol. The highest BCUT2D eigenvalue weighted by Gasteiger charge is 2.33. The minimum absolute atomic E-state index is 0.136. The van der Waals surface area contributed by atoms with E-state index in [0.29, 0.717) is 11.3 Å². The molecule has 1 saturated heterocycles. The van der Waals surface area contributed by atoms with Crippen LogP contribution in [0.15, 0.2) is 48.5 Å². The molecule has 2 aromatic carbocycles. The van der Waals surface area contributed by atoms with Crippen LogP contribution in [0.4, 0.5) is 23.7 Å². The van der Waals surface area contributed by atoms with Crippen LogP contribution in [0, 0.1) is 0 Å². The number of carbonyl (C=O) groups is 3. The molecule has 30 heavy (non-hydrogen) atoms. The zero-order valence-corrected chi connectivity index (χ0v) is 16.8. The Kier molecular flexibility index (Phi) is 6.52. The van der Waals surface area contributed by atoms with Gasteiger partial charge in [0, 0.05) is 11.8 Å². The number of imide groups is 1. The van der Waals surface area contributed by atoms with Crippen LogP contribution < -0.4 is 5.32 Å². The summed E-state index contributed by atoms with van der Waals surface area (Å²) in [5.41, 5.74) is 0.369. The van der Waals surface area contributed by atoms with Crippen LogP contribution >= 0.6 is 23.4 Å². The number of nitrogens with zero attached hydrogens (tertiary/aromatic N) is 1. The van der Waals surface area contributed by atoms with E-state index in [-0.39, 0.29) is 29.0 Å². The molecule has 0 radical (unpaired) electrons. The Morgan fingerprint density at radius 3 is 2.47 bits per heavy atom. The number of benzene rings is 2. The maximum Gasteiger partial charge on any atom is 0.417 e. The van der Waals surface area contributed by atoms with Gasteiger partial charge >= 0.3 is 6.18 Å². The molecule has 1 N–H and O–H groups in total. The van der Waals surface area contributed by atoms with Crippen LogP contribution in [0.25, 0.3) is 6.08 Å². The quantitative estimate of drug-likeness (QED) is 0.630. The van der Waals surface area contributed by atoms with Crippen LogP contribution in [-0.4, -0.2) is 27.7 Å². The fourth-order valence-corrected chi connectivity index (χ4v) is 3.58. The van der Waals surface area contributed by atoms with Gasteiger partial charge in [-0.3, -0.25) is 19.3 Å². The molecule has 156 valence electrons. The summed E-state index contributed by atoms with van der Waals surface area (Å²) in [5.74, 6) is -0.645. The number of amides is 3. The molecule has 5 nitrogen and oxygen atoms in total. The first-order valence-corrected chi connectivity index (χ1v) is 9.92. The minimum Gasteiger partial charge on any atom is -0.323 e. The summed E-state index contributed by atoms with van der Waals surface area (Å²) in [5, 5.41) is 1.87. The van der Waals surface area contributed by atoms with Gasteiger partial charge in [0.05, 0.1) is 22.9 Å². The maximum atomic E-state index is 12.9. The molecule has 0 aromatic heterocycles. The second kappa shape index (κ2) is 8.93. The molecule has 1 heterocycles. The Morgan fingerprint density at radius 1 is 1.17 bits per heavy atom. The normalized spacial score (nSPS) is 14.6. The molecular formula is C20H14ClF3N2O3S. The third-order valence-corrected chi connectivity index (χ3v) is 5.31. The van der Waals surface area contributed by atoms with Gasteiger partial charge in [-0.05, 0) is 41.5 Å². The molecule has 3 rings (SSSR count). The number of thioether (sulfide) groups is 1. The molecule has 1 fully saturated rings. The van der Waals surface area contributed by atoms with Gasteiger partial charge in [-0.25, -0.2) is 0 Å². The monoisotopic (exact) mass is 454 g/mol. The summed E-state index contributed by atoms with van der Waals surface area (Å²) in [4.78, 5) is 36.4. The first-order chi connectivity index (χ1) is 14.1. The van der Waals surface area contributed by atoms with Crippen molar-refractivity contribution in [1.29, 1.82) is 0 Å². The van der Waals surface area contributed by atoms with E-state index >= 15 is 0 Å². The number of rotatable bonds is 5. The van der Waals surface area contributed by atoms with Crippen molar-refractivity contribution >= 4 is 52.2 Å². The lowest BCUT2D eigenvalue weighted by atomic mass is 10.1. The molecule has 0 aliphatic carbocycles. The van der Waals surface area contributed by atoms with Crippen molar-refractivity contribution in [2.75, 3.05) is 11.1 Å². The van der Waals surface area contributed by atoms with Crippen molar-refractivity contribution in [3.8, 4) is 0 Å². The molecule has 0 atom stereocenters. The predicted molar refractivity (Wildman–Crippen MR) is 109 cm³/mol. The van der Waals surface area contributed by atoms with Gasteiger partial charge in [-0.2, -0.15) is 13.2 Å². The molecule has 1 aliphatic rings. The van der Waals surface area contributed by atoms with Gasteiger partial charge < -0.3 is 5.32 Å². The van der Waals surface area contributed by atoms with Crippen LogP contribution in [-0.2, 0) is 22.3 Å². The smallest absolute Gasteiger partial charge is 0.323 e. The zero-order chi connectivity index (χ0) is 21.9. The Balaban J connectivity index is 1.61. The highest BCUT2D eigenvalue weighted by Crippen LogP contribution is 2.35. The lowest BCUT2D eigenvalue weighted by Gasteiger charge is -2.13. The molecule has 1 aliphatic heterocycles. The van der Waals surface area contributed by atoms with Crippen molar-refractivity contribution < 1.29 is 27.6 Å². The Bertz CT molecular complexity index is 1010. The highest BCUT2D eigenvalue weighted by molar-refractivity contribution is 8.14. The number of hydrogen-bond acceptors (Lipinski definition) is 4. The average molecular weight is 455 g/mol. The van der Waals surface area contributed by atoms with Gasteiger partial charge in [0.2, 0.25) is 11.8 Å². The third kappa shape index (κ3) is 5.43. The number of carbonyl (C=O) groups excluding carboxylic acids is 3. The molecule has 0 saturated carbocycles. The Morgan fingerprint density at radius 2 is 1.87 bits per heavy atom. The fraction of sp³-hybridized carbons (Fsp3) is 0.150. The number of hydrogen-bond donors (Lipinski definition) is 1. The molecule has 0 unspecified atom stereocenters. The summed E-state index contributed by atoms with van der Waals surface area (Å²) in [6.07, 6.45) is -2.23. The molecule has 0 spiro atoms. The van der Waals surface area contributed by atoms with E-state index in [4.69, 9.17) is 11.6 Å². The maximum absolute atomic E-state index is 12.9. The van der Waals surface area contributed by atoms with Crippen LogP contribution in [0.3, 0.4) is 0 Å². The highest BCUT2D eigenvalue weighted by atomic mass is 35.5. The van der Waals surface area contributed by atoms with Crippen molar-refractivity contribution in [1.82, 2.24) is 4.90 Å². The second-order valence-corrected chi connectivity index (χ2v) is 7.62. The van der Waals surface area contributed by atoms with Gasteiger partial charge in [0.1, 0.15) is 0 Å². The van der Waals surface area contributed by atoms with Crippen molar-refractivity contribution in [3.05, 3.63) is 70.3 Å². The minimum atomic E-state index is -4.59. The van der Waals surface area contributed by atoms with Crippen molar-refractivity contribution in [2.24, 2.45) is 0 Å². The van der Waals surface area contributed by atoms with Crippen LogP contribution in [0.1, 0.15) is 16.7 Å². The summed E-state index contributed by atoms with van der Waals surface area (Å²) >= 11 is 6.52. The van der Waals surface area contributed by atoms with E-state index in [9.17, 15) is 27.6 Å². The number of alkyl halides is 3. The van der Waals surface area contributed by atoms with E-state index in [1.54, 1.807) is 24.3 Å². The van der Waals surface area contributed by atoms with Gasteiger partial charge in [0.25, 0.3) is 5.24 Å². The van der Waals surface area contributed by atoms with Gasteiger partial charge in [-0.15, -0.1) is 0 Å². The van der Waals surface area contributed by atoms with Crippen LogP contribution in [0.2, 0.25) is 5.02 Å². The SMILES string of the molecule is O=C(C=Cc1ccc(Cl)c(C(F)(F)F)c1)Nc1ccc(CN2C(=O)CSC2=O)cc1. The van der Waals surface area contributed by atoms with Crippen molar-refractivity contribution in [2.45, 2.75) is 12.7 Å².